The van der Waals surface area contributed by atoms with E-state index in [1.165, 1.54) is 72.0 Å². The average Bonchev–Trinajstić information content (AvgIpc) is 3.54. The fourth-order valence-corrected chi connectivity index (χ4v) is 8.82. The van der Waals surface area contributed by atoms with E-state index in [1.807, 2.05) is 0 Å². The molecule has 1 unspecified atom stereocenters. The molecule has 0 N–H and O–H groups in total. The quantitative estimate of drug-likeness (QED) is 0.160. The van der Waals surface area contributed by atoms with Crippen LogP contribution in [0.3, 0.4) is 0 Å². The van der Waals surface area contributed by atoms with Crippen LogP contribution in [0.2, 0.25) is 0 Å². The van der Waals surface area contributed by atoms with Gasteiger partial charge in [0.2, 0.25) is 0 Å². The highest BCUT2D eigenvalue weighted by atomic mass is 15.1. The summed E-state index contributed by atoms with van der Waals surface area (Å²) in [4.78, 5) is 2.46. The Balaban J connectivity index is 1.16. The van der Waals surface area contributed by atoms with Crippen molar-refractivity contribution in [1.82, 2.24) is 0 Å². The Bertz CT molecular complexity index is 2810. The molecule has 0 aliphatic heterocycles. The van der Waals surface area contributed by atoms with Crippen LogP contribution in [0.1, 0.15) is 23.6 Å². The van der Waals surface area contributed by atoms with Crippen LogP contribution in [0.15, 0.2) is 218 Å². The minimum Gasteiger partial charge on any atom is -0.310 e. The fourth-order valence-electron chi connectivity index (χ4n) is 8.82. The number of nitrogens with zero attached hydrogens (tertiary/aromatic N) is 1. The molecule has 260 valence electrons. The van der Waals surface area contributed by atoms with Gasteiger partial charge in [-0.3, -0.25) is 0 Å². The maximum absolute atomic E-state index is 2.46. The molecule has 0 saturated heterocycles. The van der Waals surface area contributed by atoms with Crippen molar-refractivity contribution >= 4 is 27.8 Å². The van der Waals surface area contributed by atoms with Gasteiger partial charge in [0.1, 0.15) is 0 Å². The summed E-state index contributed by atoms with van der Waals surface area (Å²) < 4.78 is 0. The molecule has 9 aromatic rings. The molecule has 0 amide bonds. The predicted octanol–water partition coefficient (Wildman–Crippen LogP) is 14.6. The summed E-state index contributed by atoms with van der Waals surface area (Å²) in [5.41, 5.74) is 16.8. The van der Waals surface area contributed by atoms with E-state index < -0.39 is 0 Å². The van der Waals surface area contributed by atoms with Gasteiger partial charge in [0.05, 0.1) is 5.69 Å². The lowest BCUT2D eigenvalue weighted by atomic mass is 9.74. The Kier molecular flexibility index (Phi) is 8.00. The molecule has 1 heteroatoms. The summed E-state index contributed by atoms with van der Waals surface area (Å²) in [6.45, 7) is 2.39. The van der Waals surface area contributed by atoms with E-state index in [4.69, 9.17) is 0 Å². The maximum atomic E-state index is 2.46. The second-order valence-electron chi connectivity index (χ2n) is 14.6. The SMILES string of the molecule is CC1(c2ccccc2)c2ccccc2-c2c(N(c3ccc(-c4cccc5ccccc45)cc3)c3cccc(-c4cccc(-c5ccccc5)c4)c3)cccc21. The van der Waals surface area contributed by atoms with Gasteiger partial charge in [-0.2, -0.15) is 0 Å². The van der Waals surface area contributed by atoms with Gasteiger partial charge >= 0.3 is 0 Å². The number of rotatable bonds is 7. The lowest BCUT2D eigenvalue weighted by Gasteiger charge is -2.31. The van der Waals surface area contributed by atoms with Crippen LogP contribution < -0.4 is 4.90 Å². The van der Waals surface area contributed by atoms with Crippen LogP contribution in [0, 0.1) is 0 Å². The van der Waals surface area contributed by atoms with E-state index in [9.17, 15) is 0 Å². The molecular weight excluding hydrogens is 663 g/mol. The van der Waals surface area contributed by atoms with Crippen molar-refractivity contribution in [2.45, 2.75) is 12.3 Å². The van der Waals surface area contributed by atoms with Crippen LogP contribution in [-0.4, -0.2) is 0 Å². The number of benzene rings is 9. The molecule has 0 radical (unpaired) electrons. The minimum atomic E-state index is -0.299. The normalized spacial score (nSPS) is 14.3. The van der Waals surface area contributed by atoms with Crippen LogP contribution in [0.5, 0.6) is 0 Å². The van der Waals surface area contributed by atoms with E-state index in [0.29, 0.717) is 0 Å². The summed E-state index contributed by atoms with van der Waals surface area (Å²) in [5.74, 6) is 0. The van der Waals surface area contributed by atoms with Crippen molar-refractivity contribution in [3.8, 4) is 44.5 Å². The molecule has 1 aliphatic rings. The Morgan fingerprint density at radius 1 is 0.364 bits per heavy atom. The van der Waals surface area contributed by atoms with Crippen LogP contribution >= 0.6 is 0 Å². The second-order valence-corrected chi connectivity index (χ2v) is 14.6. The first-order valence-corrected chi connectivity index (χ1v) is 19.1. The van der Waals surface area contributed by atoms with Crippen molar-refractivity contribution in [3.05, 3.63) is 235 Å². The monoisotopic (exact) mass is 701 g/mol. The molecule has 0 spiro atoms. The molecule has 55 heavy (non-hydrogen) atoms. The fraction of sp³-hybridized carbons (Fsp3) is 0.0370. The maximum Gasteiger partial charge on any atom is 0.0543 e. The first-order valence-electron chi connectivity index (χ1n) is 19.1. The minimum absolute atomic E-state index is 0.299. The van der Waals surface area contributed by atoms with Crippen molar-refractivity contribution < 1.29 is 0 Å². The van der Waals surface area contributed by atoms with Gasteiger partial charge in [0, 0.05) is 22.4 Å². The largest absolute Gasteiger partial charge is 0.310 e. The zero-order chi connectivity index (χ0) is 36.8. The van der Waals surface area contributed by atoms with E-state index in [-0.39, 0.29) is 5.41 Å². The second kappa shape index (κ2) is 13.5. The third-order valence-electron chi connectivity index (χ3n) is 11.5. The lowest BCUT2D eigenvalue weighted by molar-refractivity contribution is 0.714. The zero-order valence-electron chi connectivity index (χ0n) is 30.7. The highest BCUT2D eigenvalue weighted by molar-refractivity contribution is 5.99. The molecule has 0 heterocycles. The van der Waals surface area contributed by atoms with Gasteiger partial charge < -0.3 is 4.90 Å². The van der Waals surface area contributed by atoms with Gasteiger partial charge in [-0.05, 0) is 110 Å². The molecule has 0 fully saturated rings. The molecule has 0 bridgehead atoms. The summed E-state index contributed by atoms with van der Waals surface area (Å²) >= 11 is 0. The van der Waals surface area contributed by atoms with Crippen molar-refractivity contribution in [2.75, 3.05) is 4.90 Å². The highest BCUT2D eigenvalue weighted by Crippen LogP contribution is 2.56. The number of fused-ring (bicyclic) bond motifs is 4. The first-order chi connectivity index (χ1) is 27.2. The van der Waals surface area contributed by atoms with Crippen LogP contribution in [0.25, 0.3) is 55.3 Å². The standard InChI is InChI=1S/C54H39N/c1-54(44-23-6-3-7-24-44)50-29-11-10-27-49(50)53-51(54)30-15-31-52(53)55(45-34-32-40(33-35-45)48-28-14-19-39-18-8-9-26-47(39)48)46-25-13-22-43(37-46)42-21-12-20-41(36-42)38-16-4-2-5-17-38/h2-37H,1H3. The topological polar surface area (TPSA) is 3.24 Å². The van der Waals surface area contributed by atoms with Crippen LogP contribution in [-0.2, 0) is 5.41 Å². The van der Waals surface area contributed by atoms with Crippen molar-refractivity contribution in [3.63, 3.8) is 0 Å². The van der Waals surface area contributed by atoms with Gasteiger partial charge in [-0.15, -0.1) is 0 Å². The van der Waals surface area contributed by atoms with Gasteiger partial charge in [-0.25, -0.2) is 0 Å². The van der Waals surface area contributed by atoms with E-state index in [1.54, 1.807) is 0 Å². The number of hydrogen-bond donors (Lipinski definition) is 0. The molecule has 1 atom stereocenters. The predicted molar refractivity (Wildman–Crippen MR) is 232 cm³/mol. The highest BCUT2D eigenvalue weighted by Gasteiger charge is 2.42. The molecule has 1 aliphatic carbocycles. The Morgan fingerprint density at radius 2 is 0.927 bits per heavy atom. The summed E-state index contributed by atoms with van der Waals surface area (Å²) in [6.07, 6.45) is 0. The summed E-state index contributed by atoms with van der Waals surface area (Å²) in [7, 11) is 0. The van der Waals surface area contributed by atoms with Crippen LogP contribution in [0.4, 0.5) is 17.1 Å². The Hall–Kier alpha value is -6.96. The summed E-state index contributed by atoms with van der Waals surface area (Å²) in [5, 5.41) is 2.51. The first kappa shape index (κ1) is 32.7. The number of hydrogen-bond acceptors (Lipinski definition) is 1. The Morgan fingerprint density at radius 3 is 1.75 bits per heavy atom. The molecule has 0 saturated carbocycles. The average molecular weight is 702 g/mol. The van der Waals surface area contributed by atoms with Gasteiger partial charge in [0.15, 0.2) is 0 Å². The zero-order valence-corrected chi connectivity index (χ0v) is 30.7. The van der Waals surface area contributed by atoms with E-state index >= 15 is 0 Å². The van der Waals surface area contributed by atoms with Crippen molar-refractivity contribution in [2.24, 2.45) is 0 Å². The van der Waals surface area contributed by atoms with Crippen molar-refractivity contribution in [1.29, 1.82) is 0 Å². The number of anilines is 3. The van der Waals surface area contributed by atoms with Gasteiger partial charge in [-0.1, -0.05) is 182 Å². The van der Waals surface area contributed by atoms with E-state index in [2.05, 4.69) is 230 Å². The van der Waals surface area contributed by atoms with E-state index in [0.717, 1.165) is 17.1 Å². The third-order valence-corrected chi connectivity index (χ3v) is 11.5. The smallest absolute Gasteiger partial charge is 0.0543 e. The molecule has 10 rings (SSSR count). The summed E-state index contributed by atoms with van der Waals surface area (Å²) in [6, 6.07) is 79.7. The molecule has 9 aromatic carbocycles. The molecule has 1 nitrogen and oxygen atoms in total. The third kappa shape index (κ3) is 5.56. The lowest BCUT2D eigenvalue weighted by Crippen LogP contribution is -2.22. The Labute approximate surface area is 323 Å². The molecular formula is C54H39N. The van der Waals surface area contributed by atoms with Gasteiger partial charge in [0.25, 0.3) is 0 Å². The molecule has 0 aromatic heterocycles.